The Morgan fingerprint density at radius 1 is 0.846 bits per heavy atom. The molecule has 5 heterocycles. The Morgan fingerprint density at radius 3 is 2.36 bits per heavy atom. The number of aromatic amines is 1. The first kappa shape index (κ1) is 55.5. The van der Waals surface area contributed by atoms with Gasteiger partial charge < -0.3 is 36.7 Å². The molecule has 78 heavy (non-hydrogen) atoms. The molecule has 21 heteroatoms. The number of nitrogens with zero attached hydrogens (tertiary/aromatic N) is 7. The van der Waals surface area contributed by atoms with Crippen LogP contribution in [0.3, 0.4) is 0 Å². The number of hydrogen-bond donors (Lipinski definition) is 6. The Bertz CT molecular complexity index is 3130. The molecular weight excluding hydrogens is 995 g/mol. The normalized spacial score (nSPS) is 14.2. The van der Waals surface area contributed by atoms with Gasteiger partial charge in [0.05, 0.1) is 23.6 Å². The zero-order chi connectivity index (χ0) is 55.1. The summed E-state index contributed by atoms with van der Waals surface area (Å²) in [5.74, 6) is -1.57. The van der Waals surface area contributed by atoms with Gasteiger partial charge in [0.25, 0.3) is 11.8 Å². The smallest absolute Gasteiger partial charge is 0.410 e. The molecule has 0 saturated heterocycles. The predicted molar refractivity (Wildman–Crippen MR) is 291 cm³/mol. The van der Waals surface area contributed by atoms with Gasteiger partial charge in [-0.25, -0.2) is 24.1 Å². The predicted octanol–water partition coefficient (Wildman–Crippen LogP) is 6.98. The van der Waals surface area contributed by atoms with Crippen molar-refractivity contribution in [2.45, 2.75) is 123 Å². The first-order chi connectivity index (χ1) is 37.7. The maximum Gasteiger partial charge on any atom is 0.410 e. The summed E-state index contributed by atoms with van der Waals surface area (Å²) in [6.45, 7) is 6.16. The third kappa shape index (κ3) is 14.8. The molecule has 2 atom stereocenters. The Morgan fingerprint density at radius 2 is 1.62 bits per heavy atom. The number of aromatic nitrogens is 6. The standard InChI is InChI=1S/C57H67N13O8/c1-36(2)51(67-48(71)20-5-4-10-30-69-49(72)27-28-50(69)73)55(75)64-45(19-12-29-59-56(58)76)54(74)63-42-24-21-38(22-25-42)34-78-57(77)68(31-40-16-8-9-17-43(40)39-14-6-7-15-39)33-46-65-52(41-23-26-47-60-35-61-70(47)32-41)53(66-46)44-18-11-13-37(3)62-44/h8-9,11,13,16-18,21-28,32,35-36,39,45,51H,4-7,10,12,14-15,19-20,29-31,33-34H2,1-3H3,(H,63,74)(H,64,75)(H,65,66)(H,67,71)(H3,58,59,76)/t45-,51?/m0/s1. The number of nitrogens with one attached hydrogen (secondary N) is 5. The molecular formula is C57H67N13O8. The summed E-state index contributed by atoms with van der Waals surface area (Å²) < 4.78 is 7.73. The second-order valence-electron chi connectivity index (χ2n) is 20.1. The number of aryl methyl sites for hydroxylation is 1. The molecule has 408 valence electrons. The molecule has 6 aromatic rings. The lowest BCUT2D eigenvalue weighted by atomic mass is 9.92. The molecule has 1 aliphatic heterocycles. The molecule has 0 radical (unpaired) electrons. The topological polar surface area (TPSA) is 281 Å². The van der Waals surface area contributed by atoms with E-state index in [9.17, 15) is 33.6 Å². The highest BCUT2D eigenvalue weighted by molar-refractivity contribution is 6.12. The average Bonchev–Trinajstić information content (AvgIpc) is 4.32. The summed E-state index contributed by atoms with van der Waals surface area (Å²) in [5.41, 5.74) is 12.9. The number of carbonyl (C=O) groups excluding carboxylic acids is 7. The number of anilines is 1. The van der Waals surface area contributed by atoms with E-state index in [1.165, 1.54) is 24.0 Å². The second-order valence-corrected chi connectivity index (χ2v) is 20.1. The fourth-order valence-electron chi connectivity index (χ4n) is 9.78. The van der Waals surface area contributed by atoms with Crippen molar-refractivity contribution in [3.8, 4) is 22.6 Å². The van der Waals surface area contributed by atoms with Crippen molar-refractivity contribution >= 4 is 53.0 Å². The highest BCUT2D eigenvalue weighted by atomic mass is 16.6. The van der Waals surface area contributed by atoms with Gasteiger partial charge in [0.1, 0.15) is 30.8 Å². The average molecular weight is 1060 g/mol. The van der Waals surface area contributed by atoms with Gasteiger partial charge in [0, 0.05) is 61.3 Å². The van der Waals surface area contributed by atoms with Crippen molar-refractivity contribution in [2.75, 3.05) is 18.4 Å². The van der Waals surface area contributed by atoms with Gasteiger partial charge >= 0.3 is 12.1 Å². The molecule has 8 amide bonds. The fraction of sp³-hybridized carbons (Fsp3) is 0.386. The van der Waals surface area contributed by atoms with Crippen LogP contribution in [0.1, 0.15) is 112 Å². The van der Waals surface area contributed by atoms with Crippen molar-refractivity contribution in [3.63, 3.8) is 0 Å². The zero-order valence-corrected chi connectivity index (χ0v) is 44.2. The van der Waals surface area contributed by atoms with Gasteiger partial charge in [-0.3, -0.25) is 38.8 Å². The summed E-state index contributed by atoms with van der Waals surface area (Å²) in [6.07, 6.45) is 11.9. The van der Waals surface area contributed by atoms with Crippen LogP contribution in [0, 0.1) is 12.8 Å². The van der Waals surface area contributed by atoms with E-state index < -0.39 is 36.0 Å². The molecule has 21 nitrogen and oxygen atoms in total. The van der Waals surface area contributed by atoms with Gasteiger partial charge in [0.15, 0.2) is 5.65 Å². The number of unbranched alkanes of at least 4 members (excludes halogenated alkanes) is 2. The van der Waals surface area contributed by atoms with E-state index in [0.717, 1.165) is 47.4 Å². The first-order valence-corrected chi connectivity index (χ1v) is 26.6. The molecule has 0 spiro atoms. The molecule has 4 aromatic heterocycles. The van der Waals surface area contributed by atoms with E-state index in [0.29, 0.717) is 71.4 Å². The van der Waals surface area contributed by atoms with Crippen LogP contribution in [0.5, 0.6) is 0 Å². The van der Waals surface area contributed by atoms with E-state index in [-0.39, 0.29) is 69.3 Å². The summed E-state index contributed by atoms with van der Waals surface area (Å²) in [6, 6.07) is 21.9. The third-order valence-corrected chi connectivity index (χ3v) is 13.9. The maximum absolute atomic E-state index is 14.4. The molecule has 1 saturated carbocycles. The number of hydrogen-bond acceptors (Lipinski definition) is 12. The number of carbonyl (C=O) groups is 7. The Balaban J connectivity index is 0.928. The van der Waals surface area contributed by atoms with Crippen LogP contribution >= 0.6 is 0 Å². The monoisotopic (exact) mass is 1060 g/mol. The minimum atomic E-state index is -1.06. The van der Waals surface area contributed by atoms with Gasteiger partial charge in [-0.05, 0) is 110 Å². The number of pyridine rings is 2. The summed E-state index contributed by atoms with van der Waals surface area (Å²) in [7, 11) is 0. The number of fused-ring (bicyclic) bond motifs is 1. The lowest BCUT2D eigenvalue weighted by molar-refractivity contribution is -0.137. The number of imide groups is 1. The Hall–Kier alpha value is -8.75. The third-order valence-electron chi connectivity index (χ3n) is 13.9. The molecule has 2 aromatic carbocycles. The van der Waals surface area contributed by atoms with E-state index >= 15 is 0 Å². The molecule has 7 N–H and O–H groups in total. The van der Waals surface area contributed by atoms with Crippen molar-refractivity contribution in [1.82, 2.24) is 55.3 Å². The van der Waals surface area contributed by atoms with E-state index in [2.05, 4.69) is 48.5 Å². The largest absolute Gasteiger partial charge is 0.445 e. The molecule has 1 aliphatic carbocycles. The van der Waals surface area contributed by atoms with Gasteiger partial charge in [-0.15, -0.1) is 0 Å². The van der Waals surface area contributed by atoms with Crippen molar-refractivity contribution in [3.05, 3.63) is 132 Å². The van der Waals surface area contributed by atoms with Crippen LogP contribution in [0.25, 0.3) is 28.3 Å². The number of H-pyrrole nitrogens is 1. The number of amides is 8. The summed E-state index contributed by atoms with van der Waals surface area (Å²) in [5, 5.41) is 15.3. The number of imidazole rings is 1. The van der Waals surface area contributed by atoms with E-state index in [4.69, 9.17) is 20.4 Å². The molecule has 0 bridgehead atoms. The number of nitrogens with two attached hydrogens (primary N) is 1. The minimum Gasteiger partial charge on any atom is -0.445 e. The van der Waals surface area contributed by atoms with Gasteiger partial charge in [0.2, 0.25) is 17.7 Å². The molecule has 2 aliphatic rings. The van der Waals surface area contributed by atoms with E-state index in [1.807, 2.05) is 55.6 Å². The molecule has 1 unspecified atom stereocenters. The number of urea groups is 1. The van der Waals surface area contributed by atoms with Crippen LogP contribution in [-0.4, -0.2) is 106 Å². The number of primary amides is 1. The van der Waals surface area contributed by atoms with Crippen LogP contribution in [0.15, 0.2) is 104 Å². The lowest BCUT2D eigenvalue weighted by Gasteiger charge is -2.25. The van der Waals surface area contributed by atoms with Crippen LogP contribution < -0.4 is 27.0 Å². The highest BCUT2D eigenvalue weighted by Crippen LogP contribution is 2.37. The van der Waals surface area contributed by atoms with E-state index in [1.54, 1.807) is 47.5 Å². The SMILES string of the molecule is Cc1cccc(-c2[nH]c(CN(Cc3ccccc3C3CCCC3)C(=O)OCc3ccc(NC(=O)[C@H](CCCNC(N)=O)NC(=O)C(NC(=O)CCCCCN4C(=O)C=CC4=O)C(C)C)cc3)nc2-c2ccc3ncnn3c2)n1. The maximum atomic E-state index is 14.4. The van der Waals surface area contributed by atoms with Crippen LogP contribution in [0.2, 0.25) is 0 Å². The molecule has 1 fully saturated rings. The van der Waals surface area contributed by atoms with Crippen molar-refractivity contribution < 1.29 is 38.3 Å². The zero-order valence-electron chi connectivity index (χ0n) is 44.2. The van der Waals surface area contributed by atoms with Crippen LogP contribution in [0.4, 0.5) is 15.3 Å². The summed E-state index contributed by atoms with van der Waals surface area (Å²) >= 11 is 0. The quantitative estimate of drug-likeness (QED) is 0.0250. The van der Waals surface area contributed by atoms with Crippen molar-refractivity contribution in [1.29, 1.82) is 0 Å². The van der Waals surface area contributed by atoms with Crippen molar-refractivity contribution in [2.24, 2.45) is 11.7 Å². The Kier molecular flexibility index (Phi) is 18.7. The van der Waals surface area contributed by atoms with Gasteiger partial charge in [-0.1, -0.05) is 75.6 Å². The molecule has 8 rings (SSSR count). The summed E-state index contributed by atoms with van der Waals surface area (Å²) in [4.78, 5) is 111. The number of ether oxygens (including phenoxy) is 1. The number of rotatable bonds is 25. The minimum absolute atomic E-state index is 0.0835. The second kappa shape index (κ2) is 26.3. The highest BCUT2D eigenvalue weighted by Gasteiger charge is 2.30. The lowest BCUT2D eigenvalue weighted by Crippen LogP contribution is -2.54. The number of benzene rings is 2. The van der Waals surface area contributed by atoms with Gasteiger partial charge in [-0.2, -0.15) is 5.10 Å². The Labute approximate surface area is 452 Å². The van der Waals surface area contributed by atoms with Crippen LogP contribution in [-0.2, 0) is 48.4 Å². The first-order valence-electron chi connectivity index (χ1n) is 26.6. The fourth-order valence-corrected chi connectivity index (χ4v) is 9.78.